The Morgan fingerprint density at radius 2 is 2.00 bits per heavy atom. The number of nitrogens with zero attached hydrogens (tertiary/aromatic N) is 4. The Morgan fingerprint density at radius 1 is 1.21 bits per heavy atom. The molecule has 2 heterocycles. The Hall–Kier alpha value is -0.940. The molecule has 0 aromatic carbocycles. The number of hydrogen-bond acceptors (Lipinski definition) is 4. The minimum Gasteiger partial charge on any atom is -0.316 e. The van der Waals surface area contributed by atoms with Crippen molar-refractivity contribution in [1.29, 1.82) is 0 Å². The second-order valence-corrected chi connectivity index (χ2v) is 6.18. The van der Waals surface area contributed by atoms with Crippen molar-refractivity contribution in [2.75, 3.05) is 19.6 Å². The molecule has 108 valence electrons. The van der Waals surface area contributed by atoms with Gasteiger partial charge in [-0.25, -0.2) is 0 Å². The maximum absolute atomic E-state index is 4.19. The topological polar surface area (TPSA) is 46.0 Å². The molecule has 5 heteroatoms. The van der Waals surface area contributed by atoms with Gasteiger partial charge in [0.2, 0.25) is 0 Å². The zero-order valence-corrected chi connectivity index (χ0v) is 12.6. The minimum absolute atomic E-state index is 0.574. The summed E-state index contributed by atoms with van der Waals surface area (Å²) in [6, 6.07) is 0.574. The van der Waals surface area contributed by atoms with Crippen LogP contribution in [0.4, 0.5) is 0 Å². The molecule has 1 aromatic rings. The molecule has 0 saturated heterocycles. The number of aromatic nitrogens is 3. The van der Waals surface area contributed by atoms with Gasteiger partial charge in [-0.2, -0.15) is 0 Å². The lowest BCUT2D eigenvalue weighted by atomic mass is 10.0. The highest BCUT2D eigenvalue weighted by molar-refractivity contribution is 4.92. The van der Waals surface area contributed by atoms with Crippen LogP contribution >= 0.6 is 0 Å². The number of rotatable bonds is 6. The fraction of sp³-hybridized carbons (Fsp3) is 0.857. The summed E-state index contributed by atoms with van der Waals surface area (Å²) in [5.41, 5.74) is 0. The lowest BCUT2D eigenvalue weighted by Crippen LogP contribution is -2.45. The Labute approximate surface area is 116 Å². The average molecular weight is 265 g/mol. The fourth-order valence-corrected chi connectivity index (χ4v) is 2.56. The molecule has 1 aliphatic heterocycles. The van der Waals surface area contributed by atoms with Gasteiger partial charge in [0, 0.05) is 19.1 Å². The molecule has 0 amide bonds. The standard InChI is InChI=1S/C14H27N5/c1-11(2)7-15-8-12(3)13(4)18-5-6-19-10-16-17-14(19)9-18/h10-13,15H,5-9H2,1-4H3. The molecular weight excluding hydrogens is 238 g/mol. The number of nitrogens with one attached hydrogen (secondary N) is 1. The van der Waals surface area contributed by atoms with Crippen molar-refractivity contribution in [3.8, 4) is 0 Å². The molecule has 1 aromatic heterocycles. The third kappa shape index (κ3) is 3.76. The van der Waals surface area contributed by atoms with E-state index in [1.807, 2.05) is 6.33 Å². The summed E-state index contributed by atoms with van der Waals surface area (Å²) < 4.78 is 2.16. The summed E-state index contributed by atoms with van der Waals surface area (Å²) in [6.45, 7) is 14.4. The van der Waals surface area contributed by atoms with Crippen molar-refractivity contribution >= 4 is 0 Å². The maximum Gasteiger partial charge on any atom is 0.147 e. The predicted octanol–water partition coefficient (Wildman–Crippen LogP) is 1.36. The van der Waals surface area contributed by atoms with Gasteiger partial charge >= 0.3 is 0 Å². The van der Waals surface area contributed by atoms with Gasteiger partial charge < -0.3 is 9.88 Å². The molecular formula is C14H27N5. The highest BCUT2D eigenvalue weighted by Crippen LogP contribution is 2.17. The van der Waals surface area contributed by atoms with Gasteiger partial charge in [-0.15, -0.1) is 10.2 Å². The van der Waals surface area contributed by atoms with Crippen LogP contribution in [0.15, 0.2) is 6.33 Å². The largest absolute Gasteiger partial charge is 0.316 e. The quantitative estimate of drug-likeness (QED) is 0.844. The number of hydrogen-bond donors (Lipinski definition) is 1. The lowest BCUT2D eigenvalue weighted by molar-refractivity contribution is 0.123. The van der Waals surface area contributed by atoms with Crippen LogP contribution in [-0.4, -0.2) is 45.3 Å². The molecule has 0 fully saturated rings. The summed E-state index contributed by atoms with van der Waals surface area (Å²) in [6.07, 6.45) is 1.84. The molecule has 2 unspecified atom stereocenters. The maximum atomic E-state index is 4.19. The van der Waals surface area contributed by atoms with E-state index in [1.165, 1.54) is 0 Å². The first-order chi connectivity index (χ1) is 9.08. The van der Waals surface area contributed by atoms with Crippen molar-refractivity contribution in [2.24, 2.45) is 11.8 Å². The fourth-order valence-electron chi connectivity index (χ4n) is 2.56. The zero-order chi connectivity index (χ0) is 13.8. The summed E-state index contributed by atoms with van der Waals surface area (Å²) in [5, 5.41) is 11.7. The Morgan fingerprint density at radius 3 is 2.74 bits per heavy atom. The summed E-state index contributed by atoms with van der Waals surface area (Å²) in [4.78, 5) is 2.52. The zero-order valence-electron chi connectivity index (χ0n) is 12.6. The van der Waals surface area contributed by atoms with Crippen LogP contribution in [0, 0.1) is 11.8 Å². The third-order valence-electron chi connectivity index (χ3n) is 4.09. The van der Waals surface area contributed by atoms with E-state index < -0.39 is 0 Å². The first kappa shape index (κ1) is 14.5. The normalized spacial score (nSPS) is 19.4. The van der Waals surface area contributed by atoms with E-state index >= 15 is 0 Å². The Bertz CT molecular complexity index is 387. The molecule has 0 spiro atoms. The Kier molecular flexibility index (Phi) is 4.93. The molecule has 0 aliphatic carbocycles. The molecule has 0 bridgehead atoms. The van der Waals surface area contributed by atoms with Crippen LogP contribution in [0.2, 0.25) is 0 Å². The van der Waals surface area contributed by atoms with E-state index in [1.54, 1.807) is 0 Å². The monoisotopic (exact) mass is 265 g/mol. The molecule has 5 nitrogen and oxygen atoms in total. The van der Waals surface area contributed by atoms with Crippen LogP contribution in [0.25, 0.3) is 0 Å². The summed E-state index contributed by atoms with van der Waals surface area (Å²) >= 11 is 0. The molecule has 2 rings (SSSR count). The van der Waals surface area contributed by atoms with E-state index in [4.69, 9.17) is 0 Å². The van der Waals surface area contributed by atoms with Crippen LogP contribution in [-0.2, 0) is 13.1 Å². The van der Waals surface area contributed by atoms with Gasteiger partial charge in [-0.3, -0.25) is 4.90 Å². The van der Waals surface area contributed by atoms with E-state index in [0.717, 1.165) is 44.5 Å². The van der Waals surface area contributed by atoms with Crippen molar-refractivity contribution in [3.63, 3.8) is 0 Å². The van der Waals surface area contributed by atoms with E-state index in [2.05, 4.69) is 52.7 Å². The molecule has 1 N–H and O–H groups in total. The van der Waals surface area contributed by atoms with Crippen LogP contribution < -0.4 is 5.32 Å². The first-order valence-electron chi connectivity index (χ1n) is 7.39. The average Bonchev–Trinajstić information content (AvgIpc) is 2.84. The van der Waals surface area contributed by atoms with Gasteiger partial charge in [0.25, 0.3) is 0 Å². The Balaban J connectivity index is 1.81. The highest BCUT2D eigenvalue weighted by atomic mass is 15.3. The highest BCUT2D eigenvalue weighted by Gasteiger charge is 2.25. The minimum atomic E-state index is 0.574. The van der Waals surface area contributed by atoms with Crippen LogP contribution in [0.5, 0.6) is 0 Å². The lowest BCUT2D eigenvalue weighted by Gasteiger charge is -2.35. The van der Waals surface area contributed by atoms with Crippen molar-refractivity contribution in [1.82, 2.24) is 25.0 Å². The third-order valence-corrected chi connectivity index (χ3v) is 4.09. The van der Waals surface area contributed by atoms with Gasteiger partial charge in [0.15, 0.2) is 0 Å². The van der Waals surface area contributed by atoms with E-state index in [0.29, 0.717) is 12.0 Å². The smallest absolute Gasteiger partial charge is 0.147 e. The van der Waals surface area contributed by atoms with E-state index in [-0.39, 0.29) is 0 Å². The second-order valence-electron chi connectivity index (χ2n) is 6.18. The second kappa shape index (κ2) is 6.48. The van der Waals surface area contributed by atoms with Gasteiger partial charge in [-0.05, 0) is 31.8 Å². The molecule has 1 aliphatic rings. The van der Waals surface area contributed by atoms with Crippen molar-refractivity contribution in [2.45, 2.75) is 46.8 Å². The first-order valence-corrected chi connectivity index (χ1v) is 7.39. The van der Waals surface area contributed by atoms with Gasteiger partial charge in [-0.1, -0.05) is 20.8 Å². The molecule has 0 radical (unpaired) electrons. The summed E-state index contributed by atoms with van der Waals surface area (Å²) in [7, 11) is 0. The summed E-state index contributed by atoms with van der Waals surface area (Å²) in [5.74, 6) is 2.46. The van der Waals surface area contributed by atoms with Crippen LogP contribution in [0.1, 0.15) is 33.5 Å². The van der Waals surface area contributed by atoms with Crippen molar-refractivity contribution in [3.05, 3.63) is 12.2 Å². The van der Waals surface area contributed by atoms with Crippen LogP contribution in [0.3, 0.4) is 0 Å². The SMILES string of the molecule is CC(C)CNCC(C)C(C)N1CCn2cnnc2C1. The van der Waals surface area contributed by atoms with Crippen molar-refractivity contribution < 1.29 is 0 Å². The van der Waals surface area contributed by atoms with Gasteiger partial charge in [0.1, 0.15) is 12.2 Å². The predicted molar refractivity (Wildman–Crippen MR) is 76.8 cm³/mol. The van der Waals surface area contributed by atoms with Gasteiger partial charge in [0.05, 0.1) is 6.54 Å². The molecule has 0 saturated carbocycles. The molecule has 2 atom stereocenters. The molecule has 19 heavy (non-hydrogen) atoms. The number of fused-ring (bicyclic) bond motifs is 1. The van der Waals surface area contributed by atoms with E-state index in [9.17, 15) is 0 Å².